The normalized spacial score (nSPS) is 12.4. The van der Waals surface area contributed by atoms with Crippen molar-refractivity contribution >= 4 is 39.1 Å². The van der Waals surface area contributed by atoms with E-state index in [1.165, 1.54) is 6.08 Å². The topological polar surface area (TPSA) is 49.3 Å². The molecule has 0 aliphatic heterocycles. The first-order chi connectivity index (χ1) is 8.93. The Morgan fingerprint density at radius 2 is 2.26 bits per heavy atom. The summed E-state index contributed by atoms with van der Waals surface area (Å²) in [6, 6.07) is 6.66. The predicted molar refractivity (Wildman–Crippen MR) is 81.3 cm³/mol. The Balaban J connectivity index is 3.04. The molecule has 5 heteroatoms. The third-order valence-corrected chi connectivity index (χ3v) is 2.53. The lowest BCUT2D eigenvalue weighted by atomic mass is 10.2. The number of benzene rings is 1. The number of hydrogen-bond acceptors (Lipinski definition) is 2. The van der Waals surface area contributed by atoms with E-state index >= 15 is 0 Å². The monoisotopic (exact) mass is 339 g/mol. The average Bonchev–Trinajstić information content (AvgIpc) is 2.34. The first-order valence-electron chi connectivity index (χ1n) is 5.24. The zero-order chi connectivity index (χ0) is 14.4. The van der Waals surface area contributed by atoms with Crippen LogP contribution in [0, 0.1) is 12.3 Å². The number of allylic oxidation sites excluding steroid dienone is 2. The lowest BCUT2D eigenvalue weighted by Gasteiger charge is -2.07. The number of rotatable bonds is 3. The molecule has 0 saturated heterocycles. The molecule has 0 spiro atoms. The molecule has 0 heterocycles. The molecule has 1 amide bonds. The maximum absolute atomic E-state index is 12.0. The standard InChI is InChI=1S/C14H11BrClNO2/c1-3-13(18)12(7-9(2)15)14(19)17-11-6-4-5-10(16)8-11/h1,4-8,18H,2H3,(H,17,19)/b9-7+,13-12-. The molecule has 0 aliphatic rings. The van der Waals surface area contributed by atoms with Gasteiger partial charge in [0.25, 0.3) is 5.91 Å². The van der Waals surface area contributed by atoms with Crippen molar-refractivity contribution in [2.24, 2.45) is 0 Å². The number of hydrogen-bond donors (Lipinski definition) is 2. The third-order valence-electron chi connectivity index (χ3n) is 2.06. The molecular formula is C14H11BrClNO2. The molecule has 0 unspecified atom stereocenters. The first kappa shape index (κ1) is 15.4. The molecule has 0 fully saturated rings. The highest BCUT2D eigenvalue weighted by Crippen LogP contribution is 2.17. The van der Waals surface area contributed by atoms with E-state index in [1.807, 2.05) is 5.92 Å². The van der Waals surface area contributed by atoms with Crippen molar-refractivity contribution in [3.8, 4) is 12.3 Å². The van der Waals surface area contributed by atoms with Crippen LogP contribution in [-0.2, 0) is 4.79 Å². The van der Waals surface area contributed by atoms with Crippen molar-refractivity contribution < 1.29 is 9.90 Å². The molecule has 0 bridgehead atoms. The number of amides is 1. The van der Waals surface area contributed by atoms with Gasteiger partial charge < -0.3 is 10.4 Å². The largest absolute Gasteiger partial charge is 0.500 e. The van der Waals surface area contributed by atoms with Gasteiger partial charge in [0, 0.05) is 10.7 Å². The van der Waals surface area contributed by atoms with Gasteiger partial charge in [0.05, 0.1) is 5.57 Å². The molecule has 3 nitrogen and oxygen atoms in total. The van der Waals surface area contributed by atoms with E-state index in [2.05, 4.69) is 21.2 Å². The zero-order valence-corrected chi connectivity index (χ0v) is 12.4. The highest BCUT2D eigenvalue weighted by atomic mass is 79.9. The molecule has 0 saturated carbocycles. The Hall–Kier alpha value is -1.70. The molecule has 1 rings (SSSR count). The molecule has 98 valence electrons. The number of halogens is 2. The molecule has 1 aromatic rings. The smallest absolute Gasteiger partial charge is 0.260 e. The summed E-state index contributed by atoms with van der Waals surface area (Å²) in [5.41, 5.74) is 0.511. The maximum atomic E-state index is 12.0. The second-order valence-electron chi connectivity index (χ2n) is 3.60. The fourth-order valence-electron chi connectivity index (χ4n) is 1.28. The molecular weight excluding hydrogens is 330 g/mol. The lowest BCUT2D eigenvalue weighted by molar-refractivity contribution is -0.112. The fraction of sp³-hybridized carbons (Fsp3) is 0.0714. The number of anilines is 1. The van der Waals surface area contributed by atoms with Crippen molar-refractivity contribution in [1.82, 2.24) is 0 Å². The number of terminal acetylenes is 1. The van der Waals surface area contributed by atoms with Crippen LogP contribution in [0.15, 0.2) is 46.2 Å². The molecule has 0 aliphatic carbocycles. The summed E-state index contributed by atoms with van der Waals surface area (Å²) >= 11 is 9.00. The van der Waals surface area contributed by atoms with Gasteiger partial charge in [-0.3, -0.25) is 4.79 Å². The summed E-state index contributed by atoms with van der Waals surface area (Å²) in [5.74, 6) is 1.08. The highest BCUT2D eigenvalue weighted by Gasteiger charge is 2.12. The summed E-state index contributed by atoms with van der Waals surface area (Å²) in [6.45, 7) is 1.72. The van der Waals surface area contributed by atoms with Gasteiger partial charge >= 0.3 is 0 Å². The van der Waals surface area contributed by atoms with Gasteiger partial charge in [0.1, 0.15) is 0 Å². The minimum absolute atomic E-state index is 0.00292. The minimum Gasteiger partial charge on any atom is -0.500 e. The summed E-state index contributed by atoms with van der Waals surface area (Å²) in [4.78, 5) is 12.0. The summed E-state index contributed by atoms with van der Waals surface area (Å²) in [5, 5.41) is 12.7. The van der Waals surface area contributed by atoms with Crippen LogP contribution in [0.25, 0.3) is 0 Å². The number of aliphatic hydroxyl groups excluding tert-OH is 1. The van der Waals surface area contributed by atoms with Crippen molar-refractivity contribution in [3.05, 3.63) is 51.2 Å². The van der Waals surface area contributed by atoms with Gasteiger partial charge in [0.15, 0.2) is 5.76 Å². The minimum atomic E-state index is -0.517. The zero-order valence-electron chi connectivity index (χ0n) is 10.1. The van der Waals surface area contributed by atoms with Gasteiger partial charge in [-0.05, 0) is 41.6 Å². The van der Waals surface area contributed by atoms with E-state index in [0.29, 0.717) is 15.2 Å². The second-order valence-corrected chi connectivity index (χ2v) is 5.29. The van der Waals surface area contributed by atoms with Crippen molar-refractivity contribution in [2.45, 2.75) is 6.92 Å². The van der Waals surface area contributed by atoms with E-state index < -0.39 is 11.7 Å². The Bertz CT molecular complexity index is 596. The summed E-state index contributed by atoms with van der Waals surface area (Å²) in [6.07, 6.45) is 6.54. The number of aliphatic hydroxyl groups is 1. The molecule has 0 radical (unpaired) electrons. The van der Waals surface area contributed by atoms with E-state index in [9.17, 15) is 9.90 Å². The molecule has 1 aromatic carbocycles. The number of nitrogens with one attached hydrogen (secondary N) is 1. The molecule has 0 aromatic heterocycles. The number of carbonyl (C=O) groups excluding carboxylic acids is 1. The molecule has 0 atom stereocenters. The van der Waals surface area contributed by atoms with Gasteiger partial charge in [-0.25, -0.2) is 0 Å². The van der Waals surface area contributed by atoms with Crippen LogP contribution in [0.3, 0.4) is 0 Å². The Kier molecular flexibility index (Phi) is 5.68. The van der Waals surface area contributed by atoms with Gasteiger partial charge in [-0.15, -0.1) is 6.42 Å². The third kappa shape index (κ3) is 4.82. The average molecular weight is 341 g/mol. The lowest BCUT2D eigenvalue weighted by Crippen LogP contribution is -2.15. The second kappa shape index (κ2) is 7.03. The van der Waals surface area contributed by atoms with E-state index in [4.69, 9.17) is 18.0 Å². The van der Waals surface area contributed by atoms with Crippen molar-refractivity contribution in [1.29, 1.82) is 0 Å². The summed E-state index contributed by atoms with van der Waals surface area (Å²) in [7, 11) is 0. The van der Waals surface area contributed by atoms with Crippen LogP contribution in [0.4, 0.5) is 5.69 Å². The molecule has 2 N–H and O–H groups in total. The highest BCUT2D eigenvalue weighted by molar-refractivity contribution is 9.11. The first-order valence-corrected chi connectivity index (χ1v) is 6.41. The van der Waals surface area contributed by atoms with Crippen molar-refractivity contribution in [3.63, 3.8) is 0 Å². The van der Waals surface area contributed by atoms with Crippen LogP contribution in [0.5, 0.6) is 0 Å². The van der Waals surface area contributed by atoms with E-state index in [1.54, 1.807) is 31.2 Å². The van der Waals surface area contributed by atoms with E-state index in [0.717, 1.165) is 0 Å². The maximum Gasteiger partial charge on any atom is 0.260 e. The predicted octanol–water partition coefficient (Wildman–Crippen LogP) is 4.02. The van der Waals surface area contributed by atoms with Crippen molar-refractivity contribution in [2.75, 3.05) is 5.32 Å². The van der Waals surface area contributed by atoms with Crippen LogP contribution >= 0.6 is 27.5 Å². The molecule has 19 heavy (non-hydrogen) atoms. The Morgan fingerprint density at radius 3 is 2.79 bits per heavy atom. The quantitative estimate of drug-likeness (QED) is 0.378. The summed E-state index contributed by atoms with van der Waals surface area (Å²) < 4.78 is 0.658. The van der Waals surface area contributed by atoms with Gasteiger partial charge in [-0.2, -0.15) is 0 Å². The van der Waals surface area contributed by atoms with E-state index in [-0.39, 0.29) is 5.57 Å². The van der Waals surface area contributed by atoms with Gasteiger partial charge in [0.2, 0.25) is 0 Å². The van der Waals surface area contributed by atoms with Crippen LogP contribution in [-0.4, -0.2) is 11.0 Å². The van der Waals surface area contributed by atoms with Crippen LogP contribution < -0.4 is 5.32 Å². The van der Waals surface area contributed by atoms with Gasteiger partial charge in [-0.1, -0.05) is 33.6 Å². The number of carbonyl (C=O) groups is 1. The van der Waals surface area contributed by atoms with Crippen LogP contribution in [0.2, 0.25) is 5.02 Å². The SMILES string of the molecule is C#C/C(O)=C(\C=C(/C)Br)C(=O)Nc1cccc(Cl)c1. The fourth-order valence-corrected chi connectivity index (χ4v) is 1.70. The Morgan fingerprint density at radius 1 is 1.58 bits per heavy atom. The van der Waals surface area contributed by atoms with Crippen LogP contribution in [0.1, 0.15) is 6.92 Å². The Labute approximate surface area is 125 Å².